The van der Waals surface area contributed by atoms with Gasteiger partial charge in [0.15, 0.2) is 0 Å². The van der Waals surface area contributed by atoms with Gasteiger partial charge in [0, 0.05) is 37.4 Å². The molecule has 92 valence electrons. The number of primary amides is 1. The van der Waals surface area contributed by atoms with Crippen molar-refractivity contribution in [2.45, 2.75) is 13.3 Å². The summed E-state index contributed by atoms with van der Waals surface area (Å²) in [4.78, 5) is 13.7. The molecular formula is C13H19N3O. The van der Waals surface area contributed by atoms with Crippen molar-refractivity contribution in [3.63, 3.8) is 0 Å². The second-order valence-corrected chi connectivity index (χ2v) is 4.26. The quantitative estimate of drug-likeness (QED) is 0.810. The van der Waals surface area contributed by atoms with Crippen LogP contribution in [0, 0.1) is 0 Å². The normalized spacial score (nSPS) is 15.9. The second-order valence-electron chi connectivity index (χ2n) is 4.26. The molecule has 1 aliphatic heterocycles. The first-order chi connectivity index (χ1) is 8.24. The zero-order valence-corrected chi connectivity index (χ0v) is 10.2. The molecule has 4 heteroatoms. The van der Waals surface area contributed by atoms with E-state index in [1.807, 2.05) is 12.1 Å². The molecule has 3 N–H and O–H groups in total. The maximum atomic E-state index is 11.4. The van der Waals surface area contributed by atoms with Gasteiger partial charge in [0.25, 0.3) is 0 Å². The number of hydrogen-bond acceptors (Lipinski definition) is 3. The number of nitrogens with two attached hydrogens (primary N) is 1. The van der Waals surface area contributed by atoms with E-state index in [-0.39, 0.29) is 5.91 Å². The third kappa shape index (κ3) is 2.42. The van der Waals surface area contributed by atoms with Gasteiger partial charge >= 0.3 is 0 Å². The SMILES string of the molecule is CCc1c(C(N)=O)cccc1N1CCNCC1. The maximum absolute atomic E-state index is 11.4. The predicted octanol–water partition coefficient (Wildman–Crippen LogP) is 0.757. The number of piperazine rings is 1. The van der Waals surface area contributed by atoms with E-state index in [1.54, 1.807) is 0 Å². The first-order valence-corrected chi connectivity index (χ1v) is 6.11. The summed E-state index contributed by atoms with van der Waals surface area (Å²) in [6.45, 7) is 6.01. The highest BCUT2D eigenvalue weighted by Crippen LogP contribution is 2.24. The Morgan fingerprint density at radius 1 is 1.41 bits per heavy atom. The van der Waals surface area contributed by atoms with Gasteiger partial charge in [-0.1, -0.05) is 13.0 Å². The van der Waals surface area contributed by atoms with E-state index in [4.69, 9.17) is 5.73 Å². The van der Waals surface area contributed by atoms with E-state index in [0.717, 1.165) is 43.9 Å². The lowest BCUT2D eigenvalue weighted by atomic mass is 10.0. The van der Waals surface area contributed by atoms with Crippen LogP contribution in [0.4, 0.5) is 5.69 Å². The molecule has 1 aromatic rings. The van der Waals surface area contributed by atoms with Crippen molar-refractivity contribution in [1.29, 1.82) is 0 Å². The fourth-order valence-corrected chi connectivity index (χ4v) is 2.38. The van der Waals surface area contributed by atoms with E-state index in [1.165, 1.54) is 0 Å². The molecule has 1 aromatic carbocycles. The molecule has 1 aliphatic rings. The molecule has 0 atom stereocenters. The minimum Gasteiger partial charge on any atom is -0.369 e. The van der Waals surface area contributed by atoms with Crippen LogP contribution in [-0.2, 0) is 6.42 Å². The van der Waals surface area contributed by atoms with Gasteiger partial charge in [-0.15, -0.1) is 0 Å². The van der Waals surface area contributed by atoms with Crippen molar-refractivity contribution in [2.24, 2.45) is 5.73 Å². The molecular weight excluding hydrogens is 214 g/mol. The second kappa shape index (κ2) is 5.19. The summed E-state index contributed by atoms with van der Waals surface area (Å²) < 4.78 is 0. The van der Waals surface area contributed by atoms with Gasteiger partial charge in [-0.3, -0.25) is 4.79 Å². The molecule has 0 bridgehead atoms. The summed E-state index contributed by atoms with van der Waals surface area (Å²) in [5.74, 6) is -0.334. The number of nitrogens with one attached hydrogen (secondary N) is 1. The van der Waals surface area contributed by atoms with Crippen LogP contribution in [0.1, 0.15) is 22.8 Å². The van der Waals surface area contributed by atoms with Gasteiger partial charge in [0.2, 0.25) is 5.91 Å². The summed E-state index contributed by atoms with van der Waals surface area (Å²) in [7, 11) is 0. The van der Waals surface area contributed by atoms with Crippen molar-refractivity contribution >= 4 is 11.6 Å². The van der Waals surface area contributed by atoms with Crippen LogP contribution >= 0.6 is 0 Å². The molecule has 1 saturated heterocycles. The molecule has 0 unspecified atom stereocenters. The zero-order chi connectivity index (χ0) is 12.3. The summed E-state index contributed by atoms with van der Waals surface area (Å²) in [6.07, 6.45) is 0.832. The van der Waals surface area contributed by atoms with Crippen LogP contribution in [0.5, 0.6) is 0 Å². The van der Waals surface area contributed by atoms with E-state index < -0.39 is 0 Å². The molecule has 0 saturated carbocycles. The third-order valence-corrected chi connectivity index (χ3v) is 3.23. The number of carbonyl (C=O) groups excluding carboxylic acids is 1. The monoisotopic (exact) mass is 233 g/mol. The minimum atomic E-state index is -0.334. The highest BCUT2D eigenvalue weighted by molar-refractivity contribution is 5.96. The molecule has 1 heterocycles. The number of carbonyl (C=O) groups is 1. The maximum Gasteiger partial charge on any atom is 0.249 e. The molecule has 1 amide bonds. The van der Waals surface area contributed by atoms with Crippen molar-refractivity contribution in [3.05, 3.63) is 29.3 Å². The Hall–Kier alpha value is -1.55. The van der Waals surface area contributed by atoms with Crippen molar-refractivity contribution < 1.29 is 4.79 Å². The lowest BCUT2D eigenvalue weighted by molar-refractivity contribution is 0.0999. The highest BCUT2D eigenvalue weighted by Gasteiger charge is 2.17. The van der Waals surface area contributed by atoms with Crippen LogP contribution < -0.4 is 16.0 Å². The average Bonchev–Trinajstić information content (AvgIpc) is 2.38. The molecule has 4 nitrogen and oxygen atoms in total. The highest BCUT2D eigenvalue weighted by atomic mass is 16.1. The smallest absolute Gasteiger partial charge is 0.249 e. The topological polar surface area (TPSA) is 58.4 Å². The van der Waals surface area contributed by atoms with Crippen LogP contribution in [-0.4, -0.2) is 32.1 Å². The van der Waals surface area contributed by atoms with E-state index in [9.17, 15) is 4.79 Å². The fourth-order valence-electron chi connectivity index (χ4n) is 2.38. The number of benzene rings is 1. The van der Waals surface area contributed by atoms with Gasteiger partial charge in [0.1, 0.15) is 0 Å². The van der Waals surface area contributed by atoms with E-state index in [2.05, 4.69) is 23.2 Å². The van der Waals surface area contributed by atoms with Gasteiger partial charge in [-0.05, 0) is 24.1 Å². The number of hydrogen-bond donors (Lipinski definition) is 2. The Balaban J connectivity index is 2.38. The number of nitrogens with zero attached hydrogens (tertiary/aromatic N) is 1. The van der Waals surface area contributed by atoms with Crippen molar-refractivity contribution in [1.82, 2.24) is 5.32 Å². The molecule has 17 heavy (non-hydrogen) atoms. The lowest BCUT2D eigenvalue weighted by Crippen LogP contribution is -2.44. The van der Waals surface area contributed by atoms with Crippen LogP contribution in [0.15, 0.2) is 18.2 Å². The van der Waals surface area contributed by atoms with E-state index >= 15 is 0 Å². The van der Waals surface area contributed by atoms with E-state index in [0.29, 0.717) is 5.56 Å². The van der Waals surface area contributed by atoms with Gasteiger partial charge < -0.3 is 16.0 Å². The number of rotatable bonds is 3. The molecule has 0 radical (unpaired) electrons. The first kappa shape index (κ1) is 11.9. The fraction of sp³-hybridized carbons (Fsp3) is 0.462. The van der Waals surface area contributed by atoms with Crippen LogP contribution in [0.3, 0.4) is 0 Å². The van der Waals surface area contributed by atoms with Crippen LogP contribution in [0.2, 0.25) is 0 Å². The number of amides is 1. The summed E-state index contributed by atoms with van der Waals surface area (Å²) in [5, 5.41) is 3.33. The Morgan fingerprint density at radius 3 is 2.71 bits per heavy atom. The Kier molecular flexibility index (Phi) is 3.64. The molecule has 1 fully saturated rings. The lowest BCUT2D eigenvalue weighted by Gasteiger charge is -2.31. The molecule has 0 aliphatic carbocycles. The third-order valence-electron chi connectivity index (χ3n) is 3.23. The van der Waals surface area contributed by atoms with Crippen molar-refractivity contribution in [2.75, 3.05) is 31.1 Å². The first-order valence-electron chi connectivity index (χ1n) is 6.11. The Bertz CT molecular complexity index is 411. The van der Waals surface area contributed by atoms with Gasteiger partial charge in [-0.25, -0.2) is 0 Å². The largest absolute Gasteiger partial charge is 0.369 e. The zero-order valence-electron chi connectivity index (χ0n) is 10.2. The van der Waals surface area contributed by atoms with Crippen molar-refractivity contribution in [3.8, 4) is 0 Å². The molecule has 0 aromatic heterocycles. The van der Waals surface area contributed by atoms with Crippen LogP contribution in [0.25, 0.3) is 0 Å². The minimum absolute atomic E-state index is 0.334. The van der Waals surface area contributed by atoms with Gasteiger partial charge in [-0.2, -0.15) is 0 Å². The average molecular weight is 233 g/mol. The Labute approximate surface area is 102 Å². The molecule has 0 spiro atoms. The predicted molar refractivity (Wildman–Crippen MR) is 69.4 cm³/mol. The number of anilines is 1. The summed E-state index contributed by atoms with van der Waals surface area (Å²) in [5.41, 5.74) is 8.30. The Morgan fingerprint density at radius 2 is 2.12 bits per heavy atom. The summed E-state index contributed by atoms with van der Waals surface area (Å²) >= 11 is 0. The van der Waals surface area contributed by atoms with Gasteiger partial charge in [0.05, 0.1) is 0 Å². The standard InChI is InChI=1S/C13H19N3O/c1-2-10-11(13(14)17)4-3-5-12(10)16-8-6-15-7-9-16/h3-5,15H,2,6-9H2,1H3,(H2,14,17). The molecule has 2 rings (SSSR count). The summed E-state index contributed by atoms with van der Waals surface area (Å²) in [6, 6.07) is 5.81.